The summed E-state index contributed by atoms with van der Waals surface area (Å²) in [5.41, 5.74) is 8.11. The number of hydrogen-bond acceptors (Lipinski definition) is 2. The lowest BCUT2D eigenvalue weighted by Gasteiger charge is -2.22. The van der Waals surface area contributed by atoms with Gasteiger partial charge < -0.3 is 11.1 Å². The molecule has 2 aromatic carbocycles. The van der Waals surface area contributed by atoms with E-state index >= 15 is 0 Å². The van der Waals surface area contributed by atoms with Crippen molar-refractivity contribution in [2.24, 2.45) is 11.7 Å². The third-order valence-corrected chi connectivity index (χ3v) is 5.00. The number of carbonyl (C=O) groups is 1. The topological polar surface area (TPSA) is 55.1 Å². The van der Waals surface area contributed by atoms with Crippen LogP contribution in [0.5, 0.6) is 0 Å². The van der Waals surface area contributed by atoms with Gasteiger partial charge in [0.1, 0.15) is 0 Å². The first-order chi connectivity index (χ1) is 11.1. The maximum Gasteiger partial charge on any atom is 0.223 e. The molecule has 1 amide bonds. The Hall–Kier alpha value is -1.65. The number of hydrogen-bond donors (Lipinski definition) is 2. The molecule has 23 heavy (non-hydrogen) atoms. The number of amides is 1. The Balaban J connectivity index is 1.83. The molecule has 3 N–H and O–H groups in total. The van der Waals surface area contributed by atoms with E-state index in [1.807, 2.05) is 54.6 Å². The molecule has 2 aromatic rings. The second-order valence-corrected chi connectivity index (χ2v) is 7.09. The van der Waals surface area contributed by atoms with Crippen molar-refractivity contribution in [3.8, 4) is 0 Å². The number of benzene rings is 2. The fourth-order valence-electron chi connectivity index (χ4n) is 3.17. The van der Waals surface area contributed by atoms with Crippen LogP contribution in [0.4, 0.5) is 0 Å². The Kier molecular flexibility index (Phi) is 5.13. The van der Waals surface area contributed by atoms with Crippen LogP contribution in [0.2, 0.25) is 0 Å². The molecule has 0 aliphatic heterocycles. The molecule has 0 spiro atoms. The number of rotatable bonds is 4. The summed E-state index contributed by atoms with van der Waals surface area (Å²) in [6.07, 6.45) is 2.61. The van der Waals surface area contributed by atoms with Crippen molar-refractivity contribution in [3.63, 3.8) is 0 Å². The Bertz CT molecular complexity index is 657. The maximum atomic E-state index is 12.6. The molecule has 1 aliphatic carbocycles. The molecule has 3 nitrogen and oxygen atoms in total. The summed E-state index contributed by atoms with van der Waals surface area (Å²) in [7, 11) is 0. The predicted octanol–water partition coefficient (Wildman–Crippen LogP) is 3.78. The zero-order valence-corrected chi connectivity index (χ0v) is 14.5. The summed E-state index contributed by atoms with van der Waals surface area (Å²) in [6.45, 7) is 0. The molecule has 1 fully saturated rings. The van der Waals surface area contributed by atoms with E-state index in [2.05, 4.69) is 21.2 Å². The SMILES string of the molecule is NC1CCC(C(=O)NC(c2ccccc2)c2ccc(Br)cc2)C1. The van der Waals surface area contributed by atoms with Gasteiger partial charge in [0.15, 0.2) is 0 Å². The van der Waals surface area contributed by atoms with Crippen molar-refractivity contribution >= 4 is 21.8 Å². The van der Waals surface area contributed by atoms with Crippen molar-refractivity contribution in [1.29, 1.82) is 0 Å². The van der Waals surface area contributed by atoms with E-state index in [1.54, 1.807) is 0 Å². The van der Waals surface area contributed by atoms with Gasteiger partial charge in [-0.1, -0.05) is 58.4 Å². The Labute approximate surface area is 145 Å². The monoisotopic (exact) mass is 372 g/mol. The highest BCUT2D eigenvalue weighted by atomic mass is 79.9. The third-order valence-electron chi connectivity index (χ3n) is 4.47. The van der Waals surface area contributed by atoms with E-state index < -0.39 is 0 Å². The molecular weight excluding hydrogens is 352 g/mol. The molecule has 0 bridgehead atoms. The van der Waals surface area contributed by atoms with Gasteiger partial charge in [0.2, 0.25) is 5.91 Å². The number of nitrogens with one attached hydrogen (secondary N) is 1. The molecule has 4 heteroatoms. The summed E-state index contributed by atoms with van der Waals surface area (Å²) < 4.78 is 1.03. The van der Waals surface area contributed by atoms with Crippen LogP contribution in [-0.2, 0) is 4.79 Å². The van der Waals surface area contributed by atoms with Crippen LogP contribution in [0.1, 0.15) is 36.4 Å². The van der Waals surface area contributed by atoms with Crippen LogP contribution < -0.4 is 11.1 Å². The molecular formula is C19H21BrN2O. The van der Waals surface area contributed by atoms with E-state index in [4.69, 9.17) is 5.73 Å². The summed E-state index contributed by atoms with van der Waals surface area (Å²) in [5, 5.41) is 3.22. The summed E-state index contributed by atoms with van der Waals surface area (Å²) in [5.74, 6) is 0.140. The smallest absolute Gasteiger partial charge is 0.223 e. The van der Waals surface area contributed by atoms with Gasteiger partial charge in [-0.25, -0.2) is 0 Å². The summed E-state index contributed by atoms with van der Waals surface area (Å²) in [6, 6.07) is 18.2. The highest BCUT2D eigenvalue weighted by molar-refractivity contribution is 9.10. The van der Waals surface area contributed by atoms with Gasteiger partial charge in [-0.3, -0.25) is 4.79 Å². The fraction of sp³-hybridized carbons (Fsp3) is 0.316. The van der Waals surface area contributed by atoms with Crippen LogP contribution in [0.15, 0.2) is 59.1 Å². The minimum absolute atomic E-state index is 0.0339. The highest BCUT2D eigenvalue weighted by Gasteiger charge is 2.29. The van der Waals surface area contributed by atoms with E-state index in [-0.39, 0.29) is 23.9 Å². The Morgan fingerprint density at radius 1 is 1.04 bits per heavy atom. The Morgan fingerprint density at radius 3 is 2.30 bits per heavy atom. The second-order valence-electron chi connectivity index (χ2n) is 6.17. The van der Waals surface area contributed by atoms with E-state index in [0.717, 1.165) is 34.9 Å². The number of nitrogens with two attached hydrogens (primary N) is 1. The maximum absolute atomic E-state index is 12.6. The normalized spacial score (nSPS) is 21.8. The summed E-state index contributed by atoms with van der Waals surface area (Å²) in [4.78, 5) is 12.6. The van der Waals surface area contributed by atoms with Gasteiger partial charge in [0.05, 0.1) is 6.04 Å². The molecule has 1 aliphatic rings. The van der Waals surface area contributed by atoms with E-state index in [1.165, 1.54) is 0 Å². The van der Waals surface area contributed by atoms with Crippen LogP contribution >= 0.6 is 15.9 Å². The van der Waals surface area contributed by atoms with Gasteiger partial charge in [0, 0.05) is 16.4 Å². The minimum atomic E-state index is -0.131. The van der Waals surface area contributed by atoms with E-state index in [9.17, 15) is 4.79 Å². The lowest BCUT2D eigenvalue weighted by molar-refractivity contribution is -0.125. The largest absolute Gasteiger partial charge is 0.345 e. The minimum Gasteiger partial charge on any atom is -0.345 e. The van der Waals surface area contributed by atoms with Gasteiger partial charge in [-0.15, -0.1) is 0 Å². The van der Waals surface area contributed by atoms with E-state index in [0.29, 0.717) is 0 Å². The fourth-order valence-corrected chi connectivity index (χ4v) is 3.44. The molecule has 3 atom stereocenters. The molecule has 120 valence electrons. The number of carbonyl (C=O) groups excluding carboxylic acids is 1. The third kappa shape index (κ3) is 4.01. The molecule has 1 saturated carbocycles. The van der Waals surface area contributed by atoms with Gasteiger partial charge >= 0.3 is 0 Å². The standard InChI is InChI=1S/C19H21BrN2O/c20-16-9-6-14(7-10-16)18(13-4-2-1-3-5-13)22-19(23)15-8-11-17(21)12-15/h1-7,9-10,15,17-18H,8,11-12,21H2,(H,22,23). The van der Waals surface area contributed by atoms with Crippen LogP contribution in [0, 0.1) is 5.92 Å². The van der Waals surface area contributed by atoms with Crippen LogP contribution in [0.25, 0.3) is 0 Å². The van der Waals surface area contributed by atoms with Gasteiger partial charge in [0.25, 0.3) is 0 Å². The predicted molar refractivity (Wildman–Crippen MR) is 95.9 cm³/mol. The van der Waals surface area contributed by atoms with Gasteiger partial charge in [-0.2, -0.15) is 0 Å². The first-order valence-electron chi connectivity index (χ1n) is 8.00. The molecule has 0 aromatic heterocycles. The van der Waals surface area contributed by atoms with Crippen LogP contribution in [-0.4, -0.2) is 11.9 Å². The molecule has 3 rings (SSSR count). The zero-order chi connectivity index (χ0) is 16.2. The van der Waals surface area contributed by atoms with Crippen molar-refractivity contribution in [2.45, 2.75) is 31.3 Å². The van der Waals surface area contributed by atoms with Gasteiger partial charge in [-0.05, 0) is 42.5 Å². The zero-order valence-electron chi connectivity index (χ0n) is 12.9. The average Bonchev–Trinajstić information content (AvgIpc) is 3.01. The van der Waals surface area contributed by atoms with Crippen molar-refractivity contribution in [3.05, 3.63) is 70.2 Å². The quantitative estimate of drug-likeness (QED) is 0.857. The van der Waals surface area contributed by atoms with Crippen molar-refractivity contribution < 1.29 is 4.79 Å². The molecule has 3 unspecified atom stereocenters. The lowest BCUT2D eigenvalue weighted by Crippen LogP contribution is -2.34. The second kappa shape index (κ2) is 7.28. The summed E-state index contributed by atoms with van der Waals surface area (Å²) >= 11 is 3.46. The van der Waals surface area contributed by atoms with Crippen molar-refractivity contribution in [1.82, 2.24) is 5.32 Å². The van der Waals surface area contributed by atoms with Crippen LogP contribution in [0.3, 0.4) is 0 Å². The molecule has 0 saturated heterocycles. The van der Waals surface area contributed by atoms with Crippen molar-refractivity contribution in [2.75, 3.05) is 0 Å². The molecule has 0 heterocycles. The lowest BCUT2D eigenvalue weighted by atomic mass is 9.97. The first-order valence-corrected chi connectivity index (χ1v) is 8.79. The Morgan fingerprint density at radius 2 is 1.70 bits per heavy atom. The number of halogens is 1. The highest BCUT2D eigenvalue weighted by Crippen LogP contribution is 2.28. The average molecular weight is 373 g/mol. The molecule has 0 radical (unpaired) electrons. The first kappa shape index (κ1) is 16.2.